The highest BCUT2D eigenvalue weighted by Gasteiger charge is 2.43. The molecule has 23 heavy (non-hydrogen) atoms. The average Bonchev–Trinajstić information content (AvgIpc) is 3.01. The van der Waals surface area contributed by atoms with Crippen LogP contribution in [0, 0.1) is 0 Å². The van der Waals surface area contributed by atoms with Crippen LogP contribution < -0.4 is 5.73 Å². The molecule has 0 bridgehead atoms. The highest BCUT2D eigenvalue weighted by Crippen LogP contribution is 2.42. The molecule has 4 atom stereocenters. The zero-order chi connectivity index (χ0) is 16.8. The molecule has 0 aromatic carbocycles. The number of rotatable bonds is 4. The van der Waals surface area contributed by atoms with Crippen LogP contribution in [-0.4, -0.2) is 61.6 Å². The largest absolute Gasteiger partial charge is 0.397 e. The van der Waals surface area contributed by atoms with Gasteiger partial charge in [-0.1, -0.05) is 22.6 Å². The van der Waals surface area contributed by atoms with Gasteiger partial charge in [-0.25, -0.2) is 9.97 Å². The zero-order valence-corrected chi connectivity index (χ0v) is 16.3. The summed E-state index contributed by atoms with van der Waals surface area (Å²) in [7, 11) is 0. The molecule has 3 N–H and O–H groups in total. The van der Waals surface area contributed by atoms with Gasteiger partial charge in [0, 0.05) is 6.20 Å². The molecule has 0 radical (unpaired) electrons. The lowest BCUT2D eigenvalue weighted by Gasteiger charge is -2.19. The van der Waals surface area contributed by atoms with Crippen molar-refractivity contribution in [2.24, 2.45) is 0 Å². The fraction of sp³-hybridized carbons (Fsp3) is 0.533. The lowest BCUT2D eigenvalue weighted by atomic mass is 10.1. The minimum Gasteiger partial charge on any atom is -0.397 e. The molecular formula is C15H22IN4O2P. The SMILES string of the molecule is C=P(C)(C)CCC1O[C@@H](n2cnc3c(N)ccnc32)[C@H](I)[C@@H]1O. The van der Waals surface area contributed by atoms with Crippen molar-refractivity contribution in [2.75, 3.05) is 25.2 Å². The number of ether oxygens (including phenoxy) is 1. The molecule has 2 aromatic heterocycles. The number of hydrogen-bond acceptors (Lipinski definition) is 5. The van der Waals surface area contributed by atoms with E-state index in [0.717, 1.165) is 12.6 Å². The number of alkyl halides is 1. The molecule has 0 spiro atoms. The van der Waals surface area contributed by atoms with E-state index >= 15 is 0 Å². The van der Waals surface area contributed by atoms with Crippen molar-refractivity contribution in [3.63, 3.8) is 0 Å². The van der Waals surface area contributed by atoms with Gasteiger partial charge in [0.15, 0.2) is 11.9 Å². The number of nitrogens with zero attached hydrogens (tertiary/aromatic N) is 3. The van der Waals surface area contributed by atoms with Gasteiger partial charge in [-0.3, -0.25) is 4.57 Å². The van der Waals surface area contributed by atoms with Crippen LogP contribution in [0.4, 0.5) is 5.69 Å². The summed E-state index contributed by atoms with van der Waals surface area (Å²) in [6, 6.07) is 1.73. The molecule has 6 nitrogen and oxygen atoms in total. The van der Waals surface area contributed by atoms with Gasteiger partial charge in [-0.15, -0.1) is 13.2 Å². The predicted octanol–water partition coefficient (Wildman–Crippen LogP) is 2.17. The summed E-state index contributed by atoms with van der Waals surface area (Å²) >= 11 is 2.25. The number of hydrogen-bond donors (Lipinski definition) is 2. The normalized spacial score (nSPS) is 28.5. The first-order valence-corrected chi connectivity index (χ1v) is 11.8. The molecule has 0 aliphatic carbocycles. The molecular weight excluding hydrogens is 426 g/mol. The van der Waals surface area contributed by atoms with Gasteiger partial charge in [0.25, 0.3) is 0 Å². The van der Waals surface area contributed by atoms with E-state index in [0.29, 0.717) is 16.9 Å². The summed E-state index contributed by atoms with van der Waals surface area (Å²) in [5.74, 6) is 0. The molecule has 1 fully saturated rings. The van der Waals surface area contributed by atoms with Crippen LogP contribution >= 0.6 is 29.5 Å². The fourth-order valence-electron chi connectivity index (χ4n) is 2.78. The molecule has 126 valence electrons. The van der Waals surface area contributed by atoms with E-state index in [1.54, 1.807) is 18.6 Å². The summed E-state index contributed by atoms with van der Waals surface area (Å²) in [5.41, 5.74) is 7.90. The van der Waals surface area contributed by atoms with Crippen LogP contribution in [0.25, 0.3) is 11.2 Å². The summed E-state index contributed by atoms with van der Waals surface area (Å²) in [6.45, 7) is 3.26. The molecule has 3 rings (SSSR count). The van der Waals surface area contributed by atoms with Crippen molar-refractivity contribution in [3.8, 4) is 0 Å². The maximum absolute atomic E-state index is 10.5. The smallest absolute Gasteiger partial charge is 0.164 e. The Bertz CT molecular complexity index is 759. The molecule has 2 aromatic rings. The van der Waals surface area contributed by atoms with Crippen molar-refractivity contribution in [1.29, 1.82) is 0 Å². The molecule has 1 saturated heterocycles. The zero-order valence-electron chi connectivity index (χ0n) is 13.3. The Morgan fingerprint density at radius 3 is 2.91 bits per heavy atom. The number of aliphatic hydroxyl groups is 1. The number of fused-ring (bicyclic) bond motifs is 1. The second-order valence-corrected chi connectivity index (χ2v) is 12.4. The van der Waals surface area contributed by atoms with E-state index < -0.39 is 13.0 Å². The van der Waals surface area contributed by atoms with E-state index in [2.05, 4.69) is 52.2 Å². The van der Waals surface area contributed by atoms with E-state index in [9.17, 15) is 5.11 Å². The predicted molar refractivity (Wildman–Crippen MR) is 105 cm³/mol. The summed E-state index contributed by atoms with van der Waals surface area (Å²) in [6.07, 6.45) is 8.43. The molecule has 1 aliphatic heterocycles. The number of nitrogen functional groups attached to an aromatic ring is 1. The second-order valence-electron chi connectivity index (χ2n) is 6.67. The Hall–Kier alpha value is -0.630. The number of aromatic nitrogens is 3. The van der Waals surface area contributed by atoms with Gasteiger partial charge in [0.05, 0.1) is 28.1 Å². The Morgan fingerprint density at radius 2 is 2.22 bits per heavy atom. The number of nitrogens with two attached hydrogens (primary N) is 1. The van der Waals surface area contributed by atoms with Gasteiger partial charge >= 0.3 is 0 Å². The Morgan fingerprint density at radius 1 is 1.48 bits per heavy atom. The maximum atomic E-state index is 10.5. The van der Waals surface area contributed by atoms with Crippen LogP contribution in [0.5, 0.6) is 0 Å². The minimum absolute atomic E-state index is 0.0653. The van der Waals surface area contributed by atoms with E-state index in [1.807, 2.05) is 4.57 Å². The quantitative estimate of drug-likeness (QED) is 0.426. The summed E-state index contributed by atoms with van der Waals surface area (Å²) < 4.78 is 7.95. The average molecular weight is 448 g/mol. The van der Waals surface area contributed by atoms with Gasteiger partial charge in [0.2, 0.25) is 0 Å². The van der Waals surface area contributed by atoms with Crippen LogP contribution in [-0.2, 0) is 4.74 Å². The third kappa shape index (κ3) is 3.43. The Labute approximate surface area is 149 Å². The molecule has 3 heterocycles. The third-order valence-corrected chi connectivity index (χ3v) is 6.90. The fourth-order valence-corrected chi connectivity index (χ4v) is 4.71. The lowest BCUT2D eigenvalue weighted by molar-refractivity contribution is -0.0173. The first-order valence-electron chi connectivity index (χ1n) is 7.50. The van der Waals surface area contributed by atoms with Gasteiger partial charge < -0.3 is 15.6 Å². The van der Waals surface area contributed by atoms with Crippen LogP contribution in [0.3, 0.4) is 0 Å². The minimum atomic E-state index is -1.13. The van der Waals surface area contributed by atoms with E-state index in [-0.39, 0.29) is 16.3 Å². The van der Waals surface area contributed by atoms with Crippen LogP contribution in [0.1, 0.15) is 12.6 Å². The van der Waals surface area contributed by atoms with Crippen molar-refractivity contribution in [2.45, 2.75) is 28.8 Å². The van der Waals surface area contributed by atoms with Crippen molar-refractivity contribution >= 4 is 52.6 Å². The first kappa shape index (κ1) is 17.2. The number of imidazole rings is 1. The standard InChI is InChI=1S/C15H22IN4O2P/c1-23(2,3)7-5-10-13(21)11(16)15(22-10)20-8-19-12-9(17)4-6-18-14(12)20/h4,6,8,10-11,13,15,21H,1,5,7H2,2-3H3,(H2,17,18)/t10?,11-,13-,15-/m1/s1. The Balaban J connectivity index is 1.85. The number of pyridine rings is 1. The topological polar surface area (TPSA) is 86.2 Å². The third-order valence-electron chi connectivity index (χ3n) is 4.08. The van der Waals surface area contributed by atoms with Crippen molar-refractivity contribution < 1.29 is 9.84 Å². The van der Waals surface area contributed by atoms with Crippen molar-refractivity contribution in [3.05, 3.63) is 18.6 Å². The maximum Gasteiger partial charge on any atom is 0.164 e. The number of anilines is 1. The second kappa shape index (κ2) is 6.35. The van der Waals surface area contributed by atoms with Crippen LogP contribution in [0.2, 0.25) is 0 Å². The number of halogens is 1. The molecule has 1 unspecified atom stereocenters. The van der Waals surface area contributed by atoms with E-state index in [1.165, 1.54) is 0 Å². The molecule has 8 heteroatoms. The van der Waals surface area contributed by atoms with E-state index in [4.69, 9.17) is 10.5 Å². The van der Waals surface area contributed by atoms with Gasteiger partial charge in [-0.05, 0) is 32.0 Å². The van der Waals surface area contributed by atoms with Crippen LogP contribution in [0.15, 0.2) is 18.6 Å². The summed E-state index contributed by atoms with van der Waals surface area (Å²) in [4.78, 5) is 8.71. The monoisotopic (exact) mass is 448 g/mol. The Kier molecular flexibility index (Phi) is 4.75. The first-order chi connectivity index (χ1) is 10.8. The van der Waals surface area contributed by atoms with Gasteiger partial charge in [-0.2, -0.15) is 0 Å². The summed E-state index contributed by atoms with van der Waals surface area (Å²) in [5, 5.41) is 10.5. The highest BCUT2D eigenvalue weighted by molar-refractivity contribution is 14.1. The van der Waals surface area contributed by atoms with Crippen molar-refractivity contribution in [1.82, 2.24) is 14.5 Å². The molecule has 1 aliphatic rings. The lowest BCUT2D eigenvalue weighted by Crippen LogP contribution is -2.27. The number of aliphatic hydroxyl groups excluding tert-OH is 1. The van der Waals surface area contributed by atoms with Gasteiger partial charge in [0.1, 0.15) is 5.52 Å². The highest BCUT2D eigenvalue weighted by atomic mass is 127. The molecule has 0 amide bonds. The molecule has 0 saturated carbocycles.